The summed E-state index contributed by atoms with van der Waals surface area (Å²) in [5.74, 6) is -0.0315. The van der Waals surface area contributed by atoms with Gasteiger partial charge >= 0.3 is 0 Å². The Morgan fingerprint density at radius 2 is 1.90 bits per heavy atom. The Labute approximate surface area is 124 Å². The number of ether oxygens (including phenoxy) is 1. The van der Waals surface area contributed by atoms with Crippen LogP contribution in [0.2, 0.25) is 10.3 Å². The van der Waals surface area contributed by atoms with Gasteiger partial charge in [-0.15, -0.1) is 0 Å². The molecule has 3 N–H and O–H groups in total. The standard InChI is InChI=1S/C12H10Cl2N4O2/c13-11-10(12(14)17-6-16-11)18-9(19)5-20-8-4-2-1-3-7(8)15/h1-4,6H,5,15H2,(H,18,19). The van der Waals surface area contributed by atoms with E-state index in [9.17, 15) is 4.79 Å². The minimum Gasteiger partial charge on any atom is -0.482 e. The van der Waals surface area contributed by atoms with Crippen LogP contribution in [0.25, 0.3) is 0 Å². The molecule has 0 fully saturated rings. The number of hydrogen-bond acceptors (Lipinski definition) is 5. The van der Waals surface area contributed by atoms with Gasteiger partial charge in [-0.3, -0.25) is 4.79 Å². The van der Waals surface area contributed by atoms with Crippen molar-refractivity contribution in [1.82, 2.24) is 9.97 Å². The SMILES string of the molecule is Nc1ccccc1OCC(=O)Nc1c(Cl)ncnc1Cl. The van der Waals surface area contributed by atoms with Crippen molar-refractivity contribution < 1.29 is 9.53 Å². The Morgan fingerprint density at radius 1 is 1.25 bits per heavy atom. The van der Waals surface area contributed by atoms with E-state index >= 15 is 0 Å². The number of para-hydroxylation sites is 2. The van der Waals surface area contributed by atoms with Gasteiger partial charge in [-0.25, -0.2) is 9.97 Å². The highest BCUT2D eigenvalue weighted by Crippen LogP contribution is 2.25. The predicted molar refractivity (Wildman–Crippen MR) is 77.0 cm³/mol. The van der Waals surface area contributed by atoms with Crippen LogP contribution < -0.4 is 15.8 Å². The van der Waals surface area contributed by atoms with Gasteiger partial charge in [0.05, 0.1) is 5.69 Å². The molecule has 0 spiro atoms. The molecule has 0 saturated carbocycles. The second-order valence-corrected chi connectivity index (χ2v) is 4.42. The molecule has 1 heterocycles. The van der Waals surface area contributed by atoms with Crippen molar-refractivity contribution in [3.05, 3.63) is 40.9 Å². The third kappa shape index (κ3) is 3.49. The first-order chi connectivity index (χ1) is 9.58. The number of nitrogens with one attached hydrogen (secondary N) is 1. The maximum absolute atomic E-state index is 11.8. The normalized spacial score (nSPS) is 10.1. The average Bonchev–Trinajstić information content (AvgIpc) is 2.42. The predicted octanol–water partition coefficient (Wildman–Crippen LogP) is 2.38. The highest BCUT2D eigenvalue weighted by Gasteiger charge is 2.12. The summed E-state index contributed by atoms with van der Waals surface area (Å²) in [6.07, 6.45) is 1.20. The van der Waals surface area contributed by atoms with E-state index in [0.29, 0.717) is 11.4 Å². The lowest BCUT2D eigenvalue weighted by molar-refractivity contribution is -0.118. The summed E-state index contributed by atoms with van der Waals surface area (Å²) < 4.78 is 5.29. The quantitative estimate of drug-likeness (QED) is 0.668. The summed E-state index contributed by atoms with van der Waals surface area (Å²) in [5, 5.41) is 2.58. The third-order valence-corrected chi connectivity index (χ3v) is 2.87. The molecule has 0 aliphatic carbocycles. The Balaban J connectivity index is 1.98. The molecule has 0 saturated heterocycles. The summed E-state index contributed by atoms with van der Waals surface area (Å²) in [6.45, 7) is -0.240. The molecule has 2 rings (SSSR count). The Hall–Kier alpha value is -2.05. The Morgan fingerprint density at radius 3 is 2.55 bits per heavy atom. The topological polar surface area (TPSA) is 90.1 Å². The molecule has 6 nitrogen and oxygen atoms in total. The van der Waals surface area contributed by atoms with E-state index in [1.807, 2.05) is 0 Å². The maximum Gasteiger partial charge on any atom is 0.262 e. The molecule has 0 atom stereocenters. The van der Waals surface area contributed by atoms with Crippen LogP contribution in [0.1, 0.15) is 0 Å². The molecule has 0 bridgehead atoms. The molecule has 0 unspecified atom stereocenters. The molecule has 1 aromatic heterocycles. The number of rotatable bonds is 4. The van der Waals surface area contributed by atoms with Crippen molar-refractivity contribution in [2.45, 2.75) is 0 Å². The van der Waals surface area contributed by atoms with Crippen LogP contribution in [0.4, 0.5) is 11.4 Å². The molecule has 8 heteroatoms. The second kappa shape index (κ2) is 6.40. The van der Waals surface area contributed by atoms with Crippen LogP contribution in [-0.2, 0) is 4.79 Å². The summed E-state index contributed by atoms with van der Waals surface area (Å²) in [7, 11) is 0. The number of nitrogen functional groups attached to an aromatic ring is 1. The fourth-order valence-corrected chi connectivity index (χ4v) is 1.79. The number of amides is 1. The van der Waals surface area contributed by atoms with E-state index in [0.717, 1.165) is 0 Å². The minimum atomic E-state index is -0.452. The molecule has 0 aliphatic heterocycles. The summed E-state index contributed by atoms with van der Waals surface area (Å²) in [4.78, 5) is 19.2. The molecule has 1 aromatic carbocycles. The van der Waals surface area contributed by atoms with Crippen LogP contribution in [-0.4, -0.2) is 22.5 Å². The number of aromatic nitrogens is 2. The molecule has 0 radical (unpaired) electrons. The van der Waals surface area contributed by atoms with Crippen molar-refractivity contribution in [2.24, 2.45) is 0 Å². The van der Waals surface area contributed by atoms with Crippen LogP contribution >= 0.6 is 23.2 Å². The second-order valence-electron chi connectivity index (χ2n) is 3.70. The summed E-state index contributed by atoms with van der Waals surface area (Å²) in [6, 6.07) is 6.85. The van der Waals surface area contributed by atoms with Crippen molar-refractivity contribution >= 4 is 40.5 Å². The van der Waals surface area contributed by atoms with Gasteiger partial charge in [0.2, 0.25) is 0 Å². The van der Waals surface area contributed by atoms with Crippen molar-refractivity contribution in [3.8, 4) is 5.75 Å². The number of halogens is 2. The first kappa shape index (κ1) is 14.4. The van der Waals surface area contributed by atoms with E-state index in [2.05, 4.69) is 15.3 Å². The highest BCUT2D eigenvalue weighted by molar-refractivity contribution is 6.38. The fourth-order valence-electron chi connectivity index (χ4n) is 1.38. The lowest BCUT2D eigenvalue weighted by Gasteiger charge is -2.10. The van der Waals surface area contributed by atoms with Gasteiger partial charge < -0.3 is 15.8 Å². The lowest BCUT2D eigenvalue weighted by Crippen LogP contribution is -2.21. The fraction of sp³-hybridized carbons (Fsp3) is 0.0833. The first-order valence-corrected chi connectivity index (χ1v) is 6.26. The van der Waals surface area contributed by atoms with Gasteiger partial charge in [-0.2, -0.15) is 0 Å². The van der Waals surface area contributed by atoms with E-state index in [-0.39, 0.29) is 22.6 Å². The number of benzene rings is 1. The van der Waals surface area contributed by atoms with E-state index in [1.165, 1.54) is 6.33 Å². The summed E-state index contributed by atoms with van der Waals surface area (Å²) >= 11 is 11.6. The Bertz CT molecular complexity index is 616. The zero-order chi connectivity index (χ0) is 14.5. The van der Waals surface area contributed by atoms with Gasteiger partial charge in [-0.1, -0.05) is 35.3 Å². The summed E-state index contributed by atoms with van der Waals surface area (Å²) in [5.41, 5.74) is 6.28. The van der Waals surface area contributed by atoms with Crippen LogP contribution in [0.5, 0.6) is 5.75 Å². The highest BCUT2D eigenvalue weighted by atomic mass is 35.5. The Kier molecular flexibility index (Phi) is 4.60. The van der Waals surface area contributed by atoms with Gasteiger partial charge in [0.15, 0.2) is 16.9 Å². The van der Waals surface area contributed by atoms with Gasteiger partial charge in [0.25, 0.3) is 5.91 Å². The third-order valence-electron chi connectivity index (χ3n) is 2.30. The number of carbonyl (C=O) groups excluding carboxylic acids is 1. The van der Waals surface area contributed by atoms with Gasteiger partial charge in [0, 0.05) is 0 Å². The van der Waals surface area contributed by atoms with Crippen LogP contribution in [0, 0.1) is 0 Å². The number of carbonyl (C=O) groups is 1. The van der Waals surface area contributed by atoms with Gasteiger partial charge in [0.1, 0.15) is 17.8 Å². The van der Waals surface area contributed by atoms with Crippen LogP contribution in [0.3, 0.4) is 0 Å². The van der Waals surface area contributed by atoms with Crippen LogP contribution in [0.15, 0.2) is 30.6 Å². The monoisotopic (exact) mass is 312 g/mol. The molecule has 104 valence electrons. The minimum absolute atomic E-state index is 0.0533. The molecule has 0 aliphatic rings. The molecular formula is C12H10Cl2N4O2. The number of nitrogens with zero attached hydrogens (tertiary/aromatic N) is 2. The average molecular weight is 313 g/mol. The van der Waals surface area contributed by atoms with Crippen molar-refractivity contribution in [3.63, 3.8) is 0 Å². The lowest BCUT2D eigenvalue weighted by atomic mass is 10.3. The van der Waals surface area contributed by atoms with Crippen molar-refractivity contribution in [2.75, 3.05) is 17.7 Å². The van der Waals surface area contributed by atoms with E-state index < -0.39 is 5.91 Å². The van der Waals surface area contributed by atoms with Gasteiger partial charge in [-0.05, 0) is 12.1 Å². The zero-order valence-corrected chi connectivity index (χ0v) is 11.6. The number of nitrogens with two attached hydrogens (primary N) is 1. The molecule has 1 amide bonds. The number of anilines is 2. The van der Waals surface area contributed by atoms with E-state index in [4.69, 9.17) is 33.7 Å². The smallest absolute Gasteiger partial charge is 0.262 e. The largest absolute Gasteiger partial charge is 0.482 e. The maximum atomic E-state index is 11.8. The first-order valence-electron chi connectivity index (χ1n) is 5.51. The van der Waals surface area contributed by atoms with E-state index in [1.54, 1.807) is 24.3 Å². The van der Waals surface area contributed by atoms with Crippen molar-refractivity contribution in [1.29, 1.82) is 0 Å². The molecule has 2 aromatic rings. The zero-order valence-electron chi connectivity index (χ0n) is 10.1. The molecule has 20 heavy (non-hydrogen) atoms. The number of hydrogen-bond donors (Lipinski definition) is 2. The molecular weight excluding hydrogens is 303 g/mol.